The van der Waals surface area contributed by atoms with Crippen molar-refractivity contribution < 1.29 is 27.3 Å². The topological polar surface area (TPSA) is 127 Å². The molecule has 0 spiro atoms. The van der Waals surface area contributed by atoms with Gasteiger partial charge in [-0.15, -0.1) is 11.8 Å². The lowest BCUT2D eigenvalue weighted by Crippen LogP contribution is -2.75. The first kappa shape index (κ1) is 29.2. The summed E-state index contributed by atoms with van der Waals surface area (Å²) in [6.45, 7) is 6.16. The average Bonchev–Trinajstić information content (AvgIpc) is 3.13. The molecule has 206 valence electrons. The fourth-order valence-electron chi connectivity index (χ4n) is 4.40. The number of amides is 1. The molecule has 0 saturated carbocycles. The maximum Gasteiger partial charge on any atom is 0.330 e. The Morgan fingerprint density at radius 3 is 2.13 bits per heavy atom. The number of β-lactam (4-membered cyclic amide) rings is 1. The number of carbonyl (C=O) groups is 2. The van der Waals surface area contributed by atoms with Crippen LogP contribution in [0.5, 0.6) is 0 Å². The Morgan fingerprint density at radius 1 is 1.03 bits per heavy atom. The smallest absolute Gasteiger partial charge is 0.330 e. The molecule has 2 saturated heterocycles. The Bertz CT molecular complexity index is 1430. The summed E-state index contributed by atoms with van der Waals surface area (Å²) in [5, 5.41) is 0. The standard InChI is InChI=1S/C22H24N2O3S2.C6H6O3S/c1-14-9-11-16(12-10-14)28-22-17(23)19(25)24(22)18(21(2,3)29-22)20(26)27-13-15-7-5-4-6-8-15;7-10(8,9)6-4-2-1-3-5-6/h4-12,17-18H,13,23H2,1-3H3;1-5H,(H,7,8,9)/t17-,18+,22?;/m1./s1. The van der Waals surface area contributed by atoms with Gasteiger partial charge in [-0.3, -0.25) is 14.2 Å². The lowest BCUT2D eigenvalue weighted by atomic mass is 9.96. The summed E-state index contributed by atoms with van der Waals surface area (Å²) in [7, 11) is -4.00. The van der Waals surface area contributed by atoms with Crippen molar-refractivity contribution in [2.45, 2.75) is 58.2 Å². The van der Waals surface area contributed by atoms with E-state index in [0.29, 0.717) is 0 Å². The van der Waals surface area contributed by atoms with Gasteiger partial charge in [0.25, 0.3) is 10.1 Å². The molecule has 0 bridgehead atoms. The van der Waals surface area contributed by atoms with E-state index in [9.17, 15) is 18.0 Å². The van der Waals surface area contributed by atoms with Crippen LogP contribution in [0, 0.1) is 6.92 Å². The predicted octanol–water partition coefficient (Wildman–Crippen LogP) is 4.48. The van der Waals surface area contributed by atoms with Crippen LogP contribution in [-0.4, -0.2) is 50.8 Å². The highest BCUT2D eigenvalue weighted by Gasteiger charge is 2.73. The van der Waals surface area contributed by atoms with Crippen LogP contribution >= 0.6 is 23.5 Å². The molecule has 11 heteroatoms. The van der Waals surface area contributed by atoms with Crippen molar-refractivity contribution in [2.75, 3.05) is 0 Å². The lowest BCUT2D eigenvalue weighted by Gasteiger charge is -2.51. The zero-order valence-corrected chi connectivity index (χ0v) is 24.1. The summed E-state index contributed by atoms with van der Waals surface area (Å²) in [6.07, 6.45) is 0. The second-order valence-corrected chi connectivity index (χ2v) is 14.6. The highest BCUT2D eigenvalue weighted by molar-refractivity contribution is 8.19. The Morgan fingerprint density at radius 2 is 1.59 bits per heavy atom. The van der Waals surface area contributed by atoms with Gasteiger partial charge in [-0.05, 0) is 50.6 Å². The molecule has 3 aromatic carbocycles. The summed E-state index contributed by atoms with van der Waals surface area (Å²) in [6, 6.07) is 23.7. The van der Waals surface area contributed by atoms with E-state index >= 15 is 0 Å². The molecule has 0 aliphatic carbocycles. The van der Waals surface area contributed by atoms with Crippen LogP contribution in [0.25, 0.3) is 0 Å². The minimum Gasteiger partial charge on any atom is -0.459 e. The van der Waals surface area contributed by atoms with E-state index < -0.39 is 37.1 Å². The molecule has 0 aromatic heterocycles. The van der Waals surface area contributed by atoms with Crippen LogP contribution in [0.2, 0.25) is 0 Å². The molecule has 3 aromatic rings. The van der Waals surface area contributed by atoms with Crippen molar-refractivity contribution in [2.24, 2.45) is 5.73 Å². The first-order chi connectivity index (χ1) is 18.3. The first-order valence-corrected chi connectivity index (χ1v) is 15.2. The van der Waals surface area contributed by atoms with Gasteiger partial charge >= 0.3 is 5.97 Å². The van der Waals surface area contributed by atoms with Crippen molar-refractivity contribution >= 4 is 45.5 Å². The maximum absolute atomic E-state index is 13.0. The van der Waals surface area contributed by atoms with E-state index in [4.69, 9.17) is 15.0 Å². The van der Waals surface area contributed by atoms with E-state index in [0.717, 1.165) is 10.5 Å². The van der Waals surface area contributed by atoms with E-state index in [1.807, 2.05) is 75.4 Å². The minimum absolute atomic E-state index is 0.0741. The van der Waals surface area contributed by atoms with Gasteiger partial charge in [0.05, 0.1) is 4.90 Å². The summed E-state index contributed by atoms with van der Waals surface area (Å²) in [5.41, 5.74) is 8.36. The lowest BCUT2D eigenvalue weighted by molar-refractivity contribution is -0.165. The van der Waals surface area contributed by atoms with Crippen molar-refractivity contribution in [1.29, 1.82) is 0 Å². The van der Waals surface area contributed by atoms with Gasteiger partial charge in [-0.2, -0.15) is 8.42 Å². The number of carbonyl (C=O) groups excluding carboxylic acids is 2. The molecule has 2 aliphatic heterocycles. The molecular formula is C28H30N2O6S3. The monoisotopic (exact) mass is 586 g/mol. The van der Waals surface area contributed by atoms with Crippen molar-refractivity contribution in [3.63, 3.8) is 0 Å². The number of rotatable bonds is 6. The molecular weight excluding hydrogens is 557 g/mol. The second-order valence-electron chi connectivity index (χ2n) is 9.72. The van der Waals surface area contributed by atoms with Crippen LogP contribution in [0.3, 0.4) is 0 Å². The van der Waals surface area contributed by atoms with Crippen LogP contribution in [-0.2, 0) is 31.1 Å². The highest BCUT2D eigenvalue weighted by atomic mass is 32.2. The van der Waals surface area contributed by atoms with Gasteiger partial charge in [0.1, 0.15) is 18.7 Å². The Kier molecular flexibility index (Phi) is 8.48. The van der Waals surface area contributed by atoms with Gasteiger partial charge in [-0.1, -0.05) is 78.0 Å². The number of benzene rings is 3. The van der Waals surface area contributed by atoms with Crippen molar-refractivity contribution in [3.05, 3.63) is 96.1 Å². The third-order valence-electron chi connectivity index (χ3n) is 6.33. The fraction of sp³-hybridized carbons (Fsp3) is 0.286. The van der Waals surface area contributed by atoms with Crippen molar-refractivity contribution in [3.8, 4) is 0 Å². The summed E-state index contributed by atoms with van der Waals surface area (Å²) in [5.74, 6) is -0.595. The molecule has 2 heterocycles. The number of ether oxygens (including phenoxy) is 1. The third-order valence-corrected chi connectivity index (χ3v) is 10.4. The zero-order chi connectivity index (χ0) is 28.4. The summed E-state index contributed by atoms with van der Waals surface area (Å²) >= 11 is 3.12. The molecule has 0 radical (unpaired) electrons. The van der Waals surface area contributed by atoms with Crippen LogP contribution in [0.15, 0.2) is 94.7 Å². The molecule has 8 nitrogen and oxygen atoms in total. The van der Waals surface area contributed by atoms with Gasteiger partial charge in [0.2, 0.25) is 5.91 Å². The molecule has 1 unspecified atom stereocenters. The summed E-state index contributed by atoms with van der Waals surface area (Å²) in [4.78, 5) is 28.4. The zero-order valence-electron chi connectivity index (χ0n) is 21.7. The molecule has 2 fully saturated rings. The SMILES string of the molecule is Cc1ccc(SC23SC(C)(C)[C@H](C(=O)OCc4ccccc4)N2C(=O)[C@H]3N)cc1.O=S(=O)(O)c1ccccc1. The third kappa shape index (κ3) is 6.17. The number of thioether (sulfide) groups is 2. The van der Waals surface area contributed by atoms with E-state index in [1.165, 1.54) is 17.7 Å². The Labute approximate surface area is 237 Å². The second kappa shape index (κ2) is 11.3. The minimum atomic E-state index is -4.00. The first-order valence-electron chi connectivity index (χ1n) is 12.1. The quantitative estimate of drug-likeness (QED) is 0.244. The molecule has 5 rings (SSSR count). The normalized spacial score (nSPS) is 23.2. The number of nitrogens with zero attached hydrogens (tertiary/aromatic N) is 1. The van der Waals surface area contributed by atoms with Gasteiger partial charge in [0.15, 0.2) is 4.20 Å². The van der Waals surface area contributed by atoms with E-state index in [2.05, 4.69) is 0 Å². The van der Waals surface area contributed by atoms with Crippen molar-refractivity contribution in [1.82, 2.24) is 4.90 Å². The highest BCUT2D eigenvalue weighted by Crippen LogP contribution is 2.64. The predicted molar refractivity (Wildman–Crippen MR) is 153 cm³/mol. The number of hydrogen-bond donors (Lipinski definition) is 2. The average molecular weight is 587 g/mol. The number of nitrogens with two attached hydrogens (primary N) is 1. The number of hydrogen-bond acceptors (Lipinski definition) is 8. The van der Waals surface area contributed by atoms with E-state index in [-0.39, 0.29) is 17.4 Å². The fourth-order valence-corrected chi connectivity index (χ4v) is 8.73. The summed E-state index contributed by atoms with van der Waals surface area (Å²) < 4.78 is 33.6. The molecule has 3 atom stereocenters. The molecule has 39 heavy (non-hydrogen) atoms. The number of fused-ring (bicyclic) bond motifs is 1. The van der Waals surface area contributed by atoms with Gasteiger partial charge in [-0.25, -0.2) is 4.79 Å². The van der Waals surface area contributed by atoms with Crippen LogP contribution in [0.4, 0.5) is 0 Å². The Balaban J connectivity index is 0.000000298. The largest absolute Gasteiger partial charge is 0.459 e. The van der Waals surface area contributed by atoms with E-state index in [1.54, 1.807) is 46.6 Å². The molecule has 1 amide bonds. The van der Waals surface area contributed by atoms with Crippen LogP contribution in [0.1, 0.15) is 25.0 Å². The number of aryl methyl sites for hydroxylation is 1. The van der Waals surface area contributed by atoms with Gasteiger partial charge in [0, 0.05) is 9.64 Å². The Hall–Kier alpha value is -2.83. The van der Waals surface area contributed by atoms with Gasteiger partial charge < -0.3 is 10.5 Å². The molecule has 2 aliphatic rings. The molecule has 3 N–H and O–H groups in total. The van der Waals surface area contributed by atoms with Crippen LogP contribution < -0.4 is 5.73 Å². The number of esters is 1. The maximum atomic E-state index is 13.0.